The Balaban J connectivity index is 5.59. The first kappa shape index (κ1) is 18.9. The fourth-order valence-electron chi connectivity index (χ4n) is 1.79. The van der Waals surface area contributed by atoms with E-state index < -0.39 is 0 Å². The Labute approximate surface area is 131 Å². The molecule has 0 aliphatic carbocycles. The minimum Gasteiger partial charge on any atom is -0.0991 e. The van der Waals surface area contributed by atoms with Crippen LogP contribution >= 0.6 is 0 Å². The van der Waals surface area contributed by atoms with E-state index in [1.165, 1.54) is 11.1 Å². The van der Waals surface area contributed by atoms with Gasteiger partial charge in [-0.15, -0.1) is 0 Å². The summed E-state index contributed by atoms with van der Waals surface area (Å²) in [6.07, 6.45) is 17.2. The van der Waals surface area contributed by atoms with Crippen molar-refractivity contribution in [2.75, 3.05) is 0 Å². The van der Waals surface area contributed by atoms with E-state index in [0.29, 0.717) is 0 Å². The fourth-order valence-corrected chi connectivity index (χ4v) is 1.79. The average Bonchev–Trinajstić information content (AvgIpc) is 2.45. The van der Waals surface area contributed by atoms with Crippen LogP contribution in [0, 0.1) is 0 Å². The zero-order valence-electron chi connectivity index (χ0n) is 13.9. The first-order chi connectivity index (χ1) is 9.96. The minimum absolute atomic E-state index is 0.941. The van der Waals surface area contributed by atoms with Gasteiger partial charge in [0.2, 0.25) is 0 Å². The van der Waals surface area contributed by atoms with Gasteiger partial charge in [-0.2, -0.15) is 0 Å². The molecule has 0 aliphatic rings. The van der Waals surface area contributed by atoms with Gasteiger partial charge in [0.15, 0.2) is 0 Å². The summed E-state index contributed by atoms with van der Waals surface area (Å²) in [5.74, 6) is 0. The van der Waals surface area contributed by atoms with Gasteiger partial charge in [-0.05, 0) is 49.5 Å². The van der Waals surface area contributed by atoms with Crippen LogP contribution < -0.4 is 0 Å². The van der Waals surface area contributed by atoms with Crippen molar-refractivity contribution in [3.05, 3.63) is 96.2 Å². The van der Waals surface area contributed by atoms with Crippen molar-refractivity contribution in [2.24, 2.45) is 0 Å². The third kappa shape index (κ3) is 7.94. The van der Waals surface area contributed by atoms with E-state index in [0.717, 1.165) is 23.1 Å². The van der Waals surface area contributed by atoms with Crippen molar-refractivity contribution in [3.63, 3.8) is 0 Å². The molecule has 0 aliphatic heterocycles. The Morgan fingerprint density at radius 3 is 2.19 bits per heavy atom. The lowest BCUT2D eigenvalue weighted by molar-refractivity contribution is 1.18. The van der Waals surface area contributed by atoms with Crippen LogP contribution in [0.25, 0.3) is 0 Å². The quantitative estimate of drug-likeness (QED) is 0.437. The summed E-state index contributed by atoms with van der Waals surface area (Å²) in [6, 6.07) is 0. The van der Waals surface area contributed by atoms with E-state index in [9.17, 15) is 0 Å². The number of allylic oxidation sites excluding steroid dienone is 13. The minimum atomic E-state index is 0.941. The van der Waals surface area contributed by atoms with Crippen molar-refractivity contribution < 1.29 is 0 Å². The van der Waals surface area contributed by atoms with Gasteiger partial charge in [-0.1, -0.05) is 80.8 Å². The van der Waals surface area contributed by atoms with Gasteiger partial charge in [0.25, 0.3) is 0 Å². The normalized spacial score (nSPS) is 14.0. The lowest BCUT2D eigenvalue weighted by Gasteiger charge is -2.10. The summed E-state index contributed by atoms with van der Waals surface area (Å²) < 4.78 is 0. The Kier molecular flexibility index (Phi) is 9.62. The molecule has 0 aromatic carbocycles. The van der Waals surface area contributed by atoms with E-state index in [4.69, 9.17) is 0 Å². The van der Waals surface area contributed by atoms with Gasteiger partial charge in [0.1, 0.15) is 0 Å². The van der Waals surface area contributed by atoms with E-state index in [-0.39, 0.29) is 0 Å². The molecule has 0 unspecified atom stereocenters. The molecule has 0 saturated heterocycles. The SMILES string of the molecule is C=C/C=C\C(=C)/C=C/C(=C/C(=C)C)C(=C/CC)/C(C)=C\C. The van der Waals surface area contributed by atoms with Gasteiger partial charge < -0.3 is 0 Å². The molecule has 0 radical (unpaired) electrons. The first-order valence-corrected chi connectivity index (χ1v) is 7.33. The molecule has 0 heterocycles. The van der Waals surface area contributed by atoms with Gasteiger partial charge in [-0.3, -0.25) is 0 Å². The smallest absolute Gasteiger partial charge is 0.0182 e. The van der Waals surface area contributed by atoms with E-state index in [1.54, 1.807) is 6.08 Å². The van der Waals surface area contributed by atoms with E-state index in [2.05, 4.69) is 64.8 Å². The van der Waals surface area contributed by atoms with Gasteiger partial charge in [-0.25, -0.2) is 0 Å². The number of hydrogen-bond donors (Lipinski definition) is 0. The fraction of sp³-hybridized carbons (Fsp3) is 0.238. The molecule has 0 saturated carbocycles. The molecule has 0 atom stereocenters. The van der Waals surface area contributed by atoms with Gasteiger partial charge in [0.05, 0.1) is 0 Å². The van der Waals surface area contributed by atoms with Crippen LogP contribution in [0.1, 0.15) is 34.1 Å². The highest BCUT2D eigenvalue weighted by Gasteiger charge is 2.04. The molecular weight excluding hydrogens is 252 g/mol. The van der Waals surface area contributed by atoms with Crippen molar-refractivity contribution in [3.8, 4) is 0 Å². The maximum Gasteiger partial charge on any atom is -0.0182 e. The maximum absolute atomic E-state index is 4.01. The summed E-state index contributed by atoms with van der Waals surface area (Å²) in [7, 11) is 0. The number of rotatable bonds is 8. The zero-order chi connectivity index (χ0) is 16.3. The molecular formula is C21H28. The first-order valence-electron chi connectivity index (χ1n) is 7.33. The molecule has 21 heavy (non-hydrogen) atoms. The van der Waals surface area contributed by atoms with Crippen LogP contribution in [0.2, 0.25) is 0 Å². The molecule has 0 spiro atoms. The standard InChI is InChI=1S/C21H28/c1-8-11-13-18(6)14-15-20(16-17(4)5)21(12-9-2)19(7)10-3/h8,10-16H,1,4,6,9H2,2-3,5,7H3/b13-11-,15-14+,19-10-,20-16-,21-12+. The largest absolute Gasteiger partial charge is 0.0991 e. The van der Waals surface area contributed by atoms with Crippen molar-refractivity contribution >= 4 is 0 Å². The second-order valence-electron chi connectivity index (χ2n) is 4.95. The Morgan fingerprint density at radius 2 is 1.71 bits per heavy atom. The van der Waals surface area contributed by atoms with Crippen molar-refractivity contribution in [1.82, 2.24) is 0 Å². The van der Waals surface area contributed by atoms with Crippen LogP contribution in [0.5, 0.6) is 0 Å². The Morgan fingerprint density at radius 1 is 1.05 bits per heavy atom. The van der Waals surface area contributed by atoms with Crippen LogP contribution in [-0.4, -0.2) is 0 Å². The molecule has 0 amide bonds. The van der Waals surface area contributed by atoms with Crippen LogP contribution in [0.3, 0.4) is 0 Å². The van der Waals surface area contributed by atoms with E-state index in [1.807, 2.05) is 25.2 Å². The third-order valence-corrected chi connectivity index (χ3v) is 2.90. The highest BCUT2D eigenvalue weighted by atomic mass is 14.1. The maximum atomic E-state index is 4.01. The van der Waals surface area contributed by atoms with Crippen LogP contribution in [0.4, 0.5) is 0 Å². The highest BCUT2D eigenvalue weighted by Crippen LogP contribution is 2.23. The predicted molar refractivity (Wildman–Crippen MR) is 98.3 cm³/mol. The van der Waals surface area contributed by atoms with Gasteiger partial charge in [0, 0.05) is 0 Å². The molecule has 0 rings (SSSR count). The van der Waals surface area contributed by atoms with Crippen LogP contribution in [-0.2, 0) is 0 Å². The van der Waals surface area contributed by atoms with E-state index >= 15 is 0 Å². The Hall–Kier alpha value is -2.08. The topological polar surface area (TPSA) is 0 Å². The summed E-state index contributed by atoms with van der Waals surface area (Å²) in [4.78, 5) is 0. The predicted octanol–water partition coefficient (Wildman–Crippen LogP) is 6.65. The van der Waals surface area contributed by atoms with Crippen molar-refractivity contribution in [2.45, 2.75) is 34.1 Å². The second kappa shape index (κ2) is 10.7. The number of hydrogen-bond acceptors (Lipinski definition) is 0. The second-order valence-corrected chi connectivity index (χ2v) is 4.95. The highest BCUT2D eigenvalue weighted by molar-refractivity contribution is 5.54. The van der Waals surface area contributed by atoms with Gasteiger partial charge >= 0.3 is 0 Å². The molecule has 0 N–H and O–H groups in total. The molecule has 0 aromatic heterocycles. The molecule has 0 nitrogen and oxygen atoms in total. The Bertz CT molecular complexity index is 528. The monoisotopic (exact) mass is 280 g/mol. The lowest BCUT2D eigenvalue weighted by atomic mass is 9.95. The summed E-state index contributed by atoms with van der Waals surface area (Å²) >= 11 is 0. The average molecular weight is 280 g/mol. The van der Waals surface area contributed by atoms with Crippen molar-refractivity contribution in [1.29, 1.82) is 0 Å². The summed E-state index contributed by atoms with van der Waals surface area (Å²) in [5, 5.41) is 0. The molecule has 0 bridgehead atoms. The zero-order valence-corrected chi connectivity index (χ0v) is 13.9. The summed E-state index contributed by atoms with van der Waals surface area (Å²) in [6.45, 7) is 20.0. The van der Waals surface area contributed by atoms with Crippen LogP contribution in [0.15, 0.2) is 96.2 Å². The summed E-state index contributed by atoms with van der Waals surface area (Å²) in [5.41, 5.74) is 5.65. The molecule has 0 aromatic rings. The molecule has 0 fully saturated rings. The molecule has 112 valence electrons. The lowest BCUT2D eigenvalue weighted by Crippen LogP contribution is -1.91. The third-order valence-electron chi connectivity index (χ3n) is 2.90. The molecule has 0 heteroatoms.